The summed E-state index contributed by atoms with van der Waals surface area (Å²) in [5.41, 5.74) is 0.364. The maximum atomic E-state index is 13.9. The Hall–Kier alpha value is -2.55. The summed E-state index contributed by atoms with van der Waals surface area (Å²) in [6.07, 6.45) is 2.62. The van der Waals surface area contributed by atoms with Crippen molar-refractivity contribution in [1.29, 1.82) is 0 Å². The van der Waals surface area contributed by atoms with E-state index in [1.54, 1.807) is 0 Å². The van der Waals surface area contributed by atoms with Crippen LogP contribution >= 0.6 is 11.8 Å². The number of aromatic amines is 1. The number of hydrogen-bond acceptors (Lipinski definition) is 5. The Kier molecular flexibility index (Phi) is 3.26. The fourth-order valence-electron chi connectivity index (χ4n) is 1.70. The number of fused-ring (bicyclic) bond motifs is 1. The molecule has 0 amide bonds. The first-order valence-corrected chi connectivity index (χ1v) is 6.42. The zero-order chi connectivity index (χ0) is 15.0. The molecule has 0 aliphatic heterocycles. The third kappa shape index (κ3) is 2.42. The largest absolute Gasteiger partial charge is 0.478 e. The van der Waals surface area contributed by atoms with Gasteiger partial charge < -0.3 is 10.1 Å². The average molecular weight is 308 g/mol. The summed E-state index contributed by atoms with van der Waals surface area (Å²) >= 11 is 0.730. The van der Waals surface area contributed by atoms with Crippen LogP contribution in [0.5, 0.6) is 0 Å². The third-order valence-electron chi connectivity index (χ3n) is 2.63. The van der Waals surface area contributed by atoms with Crippen molar-refractivity contribution >= 4 is 28.9 Å². The summed E-state index contributed by atoms with van der Waals surface area (Å²) in [5, 5.41) is 9.04. The molecule has 2 heterocycles. The molecule has 6 nitrogen and oxygen atoms in total. The number of carboxylic acid groups (broad SMARTS) is 1. The van der Waals surface area contributed by atoms with E-state index < -0.39 is 23.2 Å². The van der Waals surface area contributed by atoms with Crippen molar-refractivity contribution in [1.82, 2.24) is 19.9 Å². The molecule has 0 saturated heterocycles. The molecule has 0 fully saturated rings. The number of hydrogen-bond donors (Lipinski definition) is 2. The number of nitrogens with one attached hydrogen (secondary N) is 1. The van der Waals surface area contributed by atoms with Crippen LogP contribution in [0.1, 0.15) is 10.4 Å². The van der Waals surface area contributed by atoms with Crippen molar-refractivity contribution in [3.05, 3.63) is 42.0 Å². The van der Waals surface area contributed by atoms with Gasteiger partial charge in [0.15, 0.2) is 5.65 Å². The number of benzene rings is 1. The summed E-state index contributed by atoms with van der Waals surface area (Å²) in [5.74, 6) is -3.34. The van der Waals surface area contributed by atoms with Gasteiger partial charge in [0.2, 0.25) is 0 Å². The molecule has 106 valence electrons. The highest BCUT2D eigenvalue weighted by molar-refractivity contribution is 7.99. The number of carboxylic acids is 1. The monoisotopic (exact) mass is 308 g/mol. The molecule has 0 atom stereocenters. The van der Waals surface area contributed by atoms with Crippen molar-refractivity contribution in [2.24, 2.45) is 0 Å². The molecule has 3 rings (SSSR count). The average Bonchev–Trinajstić information content (AvgIpc) is 2.91. The number of imidazole rings is 1. The van der Waals surface area contributed by atoms with Crippen molar-refractivity contribution in [3.63, 3.8) is 0 Å². The summed E-state index contributed by atoms with van der Waals surface area (Å²) in [6.45, 7) is 0. The topological polar surface area (TPSA) is 91.8 Å². The van der Waals surface area contributed by atoms with Gasteiger partial charge in [-0.05, 0) is 12.1 Å². The second-order valence-corrected chi connectivity index (χ2v) is 4.96. The quantitative estimate of drug-likeness (QED) is 0.722. The highest BCUT2D eigenvalue weighted by Gasteiger charge is 2.18. The van der Waals surface area contributed by atoms with Gasteiger partial charge in [-0.3, -0.25) is 0 Å². The third-order valence-corrected chi connectivity index (χ3v) is 3.73. The molecular formula is C12H6F2N4O2S. The predicted octanol–water partition coefficient (Wildman–Crippen LogP) is 2.48. The summed E-state index contributed by atoms with van der Waals surface area (Å²) in [6, 6.07) is 1.53. The Morgan fingerprint density at radius 1 is 1.19 bits per heavy atom. The van der Waals surface area contributed by atoms with Gasteiger partial charge in [0, 0.05) is 0 Å². The SMILES string of the molecule is O=C(O)c1cc(F)c(Sc2ncnc3nc[nH]c23)c(F)c1. The van der Waals surface area contributed by atoms with E-state index in [0.717, 1.165) is 23.9 Å². The standard InChI is InChI=1S/C12H6F2N4O2S/c13-6-1-5(12(19)20)2-7(14)9(6)21-11-8-10(16-3-15-8)17-4-18-11/h1-4H,(H,19,20)(H,15,16,17,18). The number of halogens is 2. The Morgan fingerprint density at radius 2 is 1.90 bits per heavy atom. The Bertz CT molecular complexity index is 829. The molecule has 9 heteroatoms. The molecule has 0 spiro atoms. The second-order valence-electron chi connectivity index (χ2n) is 3.96. The number of rotatable bonds is 3. The molecule has 0 saturated carbocycles. The Morgan fingerprint density at radius 3 is 2.57 bits per heavy atom. The van der Waals surface area contributed by atoms with E-state index >= 15 is 0 Å². The van der Waals surface area contributed by atoms with Crippen molar-refractivity contribution < 1.29 is 18.7 Å². The van der Waals surface area contributed by atoms with Crippen LogP contribution in [0.2, 0.25) is 0 Å². The number of aromatic nitrogens is 4. The van der Waals surface area contributed by atoms with E-state index in [2.05, 4.69) is 19.9 Å². The number of H-pyrrole nitrogens is 1. The maximum Gasteiger partial charge on any atom is 0.335 e. The lowest BCUT2D eigenvalue weighted by Crippen LogP contribution is -2.00. The van der Waals surface area contributed by atoms with E-state index in [0.29, 0.717) is 16.2 Å². The molecule has 21 heavy (non-hydrogen) atoms. The van der Waals surface area contributed by atoms with Crippen LogP contribution in [0.15, 0.2) is 34.7 Å². The first kappa shape index (κ1) is 13.4. The van der Waals surface area contributed by atoms with Crippen molar-refractivity contribution in [2.75, 3.05) is 0 Å². The van der Waals surface area contributed by atoms with Gasteiger partial charge in [-0.1, -0.05) is 11.8 Å². The van der Waals surface area contributed by atoms with Gasteiger partial charge in [-0.25, -0.2) is 28.5 Å². The van der Waals surface area contributed by atoms with Gasteiger partial charge in [0.1, 0.15) is 28.5 Å². The molecule has 2 aromatic heterocycles. The summed E-state index contributed by atoms with van der Waals surface area (Å²) < 4.78 is 27.8. The normalized spacial score (nSPS) is 11.0. The van der Waals surface area contributed by atoms with Gasteiger partial charge in [-0.2, -0.15) is 0 Å². The van der Waals surface area contributed by atoms with Gasteiger partial charge in [-0.15, -0.1) is 0 Å². The van der Waals surface area contributed by atoms with Gasteiger partial charge in [0.25, 0.3) is 0 Å². The molecule has 0 unspecified atom stereocenters. The summed E-state index contributed by atoms with van der Waals surface area (Å²) in [7, 11) is 0. The lowest BCUT2D eigenvalue weighted by atomic mass is 10.2. The van der Waals surface area contributed by atoms with Crippen LogP contribution in [-0.2, 0) is 0 Å². The number of nitrogens with zero attached hydrogens (tertiary/aromatic N) is 3. The van der Waals surface area contributed by atoms with Crippen LogP contribution in [0.3, 0.4) is 0 Å². The minimum absolute atomic E-state index is 0.290. The number of carbonyl (C=O) groups is 1. The smallest absolute Gasteiger partial charge is 0.335 e. The molecule has 3 aromatic rings. The Balaban J connectivity index is 2.06. The molecule has 0 radical (unpaired) electrons. The molecule has 0 aliphatic carbocycles. The molecule has 0 bridgehead atoms. The fraction of sp³-hybridized carbons (Fsp3) is 0. The van der Waals surface area contributed by atoms with Crippen LogP contribution in [0.25, 0.3) is 11.2 Å². The van der Waals surface area contributed by atoms with Crippen molar-refractivity contribution in [2.45, 2.75) is 9.92 Å². The van der Waals surface area contributed by atoms with E-state index in [1.807, 2.05) is 0 Å². The highest BCUT2D eigenvalue weighted by atomic mass is 32.2. The maximum absolute atomic E-state index is 13.9. The molecule has 2 N–H and O–H groups in total. The lowest BCUT2D eigenvalue weighted by molar-refractivity contribution is 0.0695. The van der Waals surface area contributed by atoms with E-state index in [9.17, 15) is 13.6 Å². The second kappa shape index (κ2) is 5.09. The fourth-order valence-corrected chi connectivity index (χ4v) is 2.56. The Labute approximate surface area is 120 Å². The van der Waals surface area contributed by atoms with E-state index in [4.69, 9.17) is 5.11 Å². The predicted molar refractivity (Wildman–Crippen MR) is 69.1 cm³/mol. The molecule has 0 aliphatic rings. The minimum atomic E-state index is -1.40. The zero-order valence-corrected chi connectivity index (χ0v) is 11.0. The van der Waals surface area contributed by atoms with Crippen LogP contribution in [0.4, 0.5) is 8.78 Å². The summed E-state index contributed by atoms with van der Waals surface area (Å²) in [4.78, 5) is 24.9. The van der Waals surface area contributed by atoms with E-state index in [-0.39, 0.29) is 4.90 Å². The molecular weight excluding hydrogens is 302 g/mol. The van der Waals surface area contributed by atoms with Gasteiger partial charge >= 0.3 is 5.97 Å². The van der Waals surface area contributed by atoms with Gasteiger partial charge in [0.05, 0.1) is 16.8 Å². The van der Waals surface area contributed by atoms with Crippen LogP contribution in [-0.4, -0.2) is 31.0 Å². The zero-order valence-electron chi connectivity index (χ0n) is 10.2. The first-order chi connectivity index (χ1) is 10.1. The van der Waals surface area contributed by atoms with E-state index in [1.165, 1.54) is 12.7 Å². The molecule has 1 aromatic carbocycles. The van der Waals surface area contributed by atoms with Crippen molar-refractivity contribution in [3.8, 4) is 0 Å². The van der Waals surface area contributed by atoms with Crippen LogP contribution in [0, 0.1) is 11.6 Å². The minimum Gasteiger partial charge on any atom is -0.478 e. The van der Waals surface area contributed by atoms with Crippen LogP contribution < -0.4 is 0 Å². The highest BCUT2D eigenvalue weighted by Crippen LogP contribution is 2.34. The lowest BCUT2D eigenvalue weighted by Gasteiger charge is -2.06. The first-order valence-electron chi connectivity index (χ1n) is 5.60. The number of aromatic carboxylic acids is 1.